The minimum Gasteiger partial charge on any atom is -0.476 e. The van der Waals surface area contributed by atoms with Gasteiger partial charge < -0.3 is 15.6 Å². The van der Waals surface area contributed by atoms with Crippen LogP contribution in [0.5, 0.6) is 5.88 Å². The quantitative estimate of drug-likeness (QED) is 0.377. The summed E-state index contributed by atoms with van der Waals surface area (Å²) in [6.45, 7) is 10.8. The number of anilines is 1. The number of hydrogen-bond donors (Lipinski definition) is 3. The molecule has 2 aromatic heterocycles. The fourth-order valence-corrected chi connectivity index (χ4v) is 4.31. The summed E-state index contributed by atoms with van der Waals surface area (Å²) < 4.78 is 10.6. The van der Waals surface area contributed by atoms with E-state index in [0.717, 1.165) is 28.8 Å². The minimum atomic E-state index is -1.09. The minimum absolute atomic E-state index is 0.0335. The van der Waals surface area contributed by atoms with Crippen LogP contribution in [0.2, 0.25) is 0 Å². The van der Waals surface area contributed by atoms with Crippen LogP contribution in [-0.2, 0) is 7.05 Å². The van der Waals surface area contributed by atoms with Crippen molar-refractivity contribution < 1.29 is 14.6 Å². The Hall–Kier alpha value is -3.11. The number of hydrogen-bond acceptors (Lipinski definition) is 8. The molecule has 1 atom stereocenters. The van der Waals surface area contributed by atoms with Gasteiger partial charge in [0.1, 0.15) is 11.6 Å². The van der Waals surface area contributed by atoms with E-state index in [9.17, 15) is 9.90 Å². The maximum atomic E-state index is 11.2. The first-order chi connectivity index (χ1) is 15.9. The molecule has 3 rings (SSSR count). The first-order valence-electron chi connectivity index (χ1n) is 11.0. The van der Waals surface area contributed by atoms with Crippen molar-refractivity contribution in [3.05, 3.63) is 47.2 Å². The van der Waals surface area contributed by atoms with E-state index in [1.807, 2.05) is 38.1 Å². The Morgan fingerprint density at radius 1 is 1.24 bits per heavy atom. The van der Waals surface area contributed by atoms with Crippen LogP contribution < -0.4 is 15.2 Å². The number of aromatic carboxylic acids is 1. The van der Waals surface area contributed by atoms with Crippen LogP contribution in [-0.4, -0.2) is 43.5 Å². The van der Waals surface area contributed by atoms with Gasteiger partial charge in [-0.05, 0) is 36.8 Å². The Morgan fingerprint density at radius 2 is 1.91 bits per heavy atom. The summed E-state index contributed by atoms with van der Waals surface area (Å²) in [6, 6.07) is 9.26. The number of aromatic nitrogens is 4. The Labute approximate surface area is 204 Å². The highest BCUT2D eigenvalue weighted by molar-refractivity contribution is 8.00. The molecule has 0 fully saturated rings. The summed E-state index contributed by atoms with van der Waals surface area (Å²) >= 11 is 1.17. The van der Waals surface area contributed by atoms with Gasteiger partial charge in [0.05, 0.1) is 5.69 Å². The Morgan fingerprint density at radius 3 is 2.50 bits per heavy atom. The topological polar surface area (TPSA) is 128 Å². The molecule has 182 valence electrons. The maximum Gasteiger partial charge on any atom is 0.356 e. The largest absolute Gasteiger partial charge is 0.476 e. The van der Waals surface area contributed by atoms with Crippen LogP contribution in [0.1, 0.15) is 48.8 Å². The van der Waals surface area contributed by atoms with E-state index in [2.05, 4.69) is 35.6 Å². The third-order valence-corrected chi connectivity index (χ3v) is 5.94. The lowest BCUT2D eigenvalue weighted by Crippen LogP contribution is -2.32. The molecule has 0 aliphatic rings. The number of carbonyl (C=O) groups is 1. The lowest BCUT2D eigenvalue weighted by Gasteiger charge is -2.23. The molecule has 3 aromatic rings. The number of nitrogens with two attached hydrogens (primary N) is 1. The van der Waals surface area contributed by atoms with E-state index in [1.165, 1.54) is 22.7 Å². The molecule has 10 heteroatoms. The fraction of sp³-hybridized carbons (Fsp3) is 0.417. The van der Waals surface area contributed by atoms with Crippen molar-refractivity contribution in [2.24, 2.45) is 18.2 Å². The third-order valence-electron chi connectivity index (χ3n) is 5.06. The Bertz CT molecular complexity index is 1150. The Balaban J connectivity index is 1.88. The fourth-order valence-electron chi connectivity index (χ4n) is 3.68. The molecule has 34 heavy (non-hydrogen) atoms. The second kappa shape index (κ2) is 10.4. The highest BCUT2D eigenvalue weighted by atomic mass is 32.2. The first-order valence-corrected chi connectivity index (χ1v) is 11.8. The molecule has 0 unspecified atom stereocenters. The molecule has 0 aliphatic heterocycles. The molecule has 0 saturated carbocycles. The number of ether oxygens (including phenoxy) is 1. The van der Waals surface area contributed by atoms with Gasteiger partial charge in [-0.1, -0.05) is 39.0 Å². The summed E-state index contributed by atoms with van der Waals surface area (Å²) in [7, 11) is 1.68. The van der Waals surface area contributed by atoms with Gasteiger partial charge >= 0.3 is 5.97 Å². The number of nitrogens with one attached hydrogen (secondary N) is 1. The summed E-state index contributed by atoms with van der Waals surface area (Å²) in [5, 5.41) is 13.8. The van der Waals surface area contributed by atoms with Gasteiger partial charge in [-0.2, -0.15) is 10.1 Å². The standard InChI is InChI=1S/C24H32N6O3S/c1-14-8-7-9-15(2)21(14)17-10-19(33-13-16(25)12-24(3,4)5)27-23(26-17)29-34-20-11-18(22(31)32)28-30(20)6/h7-11,16H,12-13,25H2,1-6H3,(H,31,32)(H,26,27,29)/t16-/m1/s1. The second-order valence-corrected chi connectivity index (χ2v) is 10.3. The van der Waals surface area contributed by atoms with Gasteiger partial charge in [-0.3, -0.25) is 9.40 Å². The van der Waals surface area contributed by atoms with E-state index >= 15 is 0 Å². The number of nitrogens with zero attached hydrogens (tertiary/aromatic N) is 4. The predicted molar refractivity (Wildman–Crippen MR) is 134 cm³/mol. The predicted octanol–water partition coefficient (Wildman–Crippen LogP) is 4.45. The Kier molecular flexibility index (Phi) is 7.83. The third kappa shape index (κ3) is 6.71. The number of aryl methyl sites for hydroxylation is 3. The second-order valence-electron chi connectivity index (χ2n) is 9.52. The van der Waals surface area contributed by atoms with Gasteiger partial charge in [-0.15, -0.1) is 0 Å². The molecule has 0 spiro atoms. The molecule has 0 saturated heterocycles. The van der Waals surface area contributed by atoms with Crippen LogP contribution in [0.15, 0.2) is 35.4 Å². The molecule has 0 aliphatic carbocycles. The van der Waals surface area contributed by atoms with Crippen LogP contribution in [0.3, 0.4) is 0 Å². The van der Waals surface area contributed by atoms with Gasteiger partial charge in [-0.25, -0.2) is 9.78 Å². The van der Waals surface area contributed by atoms with E-state index < -0.39 is 5.97 Å². The van der Waals surface area contributed by atoms with Crippen LogP contribution in [0.4, 0.5) is 5.95 Å². The average molecular weight is 485 g/mol. The molecule has 4 N–H and O–H groups in total. The molecule has 1 aromatic carbocycles. The van der Waals surface area contributed by atoms with Crippen LogP contribution in [0, 0.1) is 19.3 Å². The lowest BCUT2D eigenvalue weighted by molar-refractivity contribution is 0.0689. The summed E-state index contributed by atoms with van der Waals surface area (Å²) in [5.41, 5.74) is 10.3. The van der Waals surface area contributed by atoms with Gasteiger partial charge in [0.25, 0.3) is 0 Å². The molecular weight excluding hydrogens is 452 g/mol. The summed E-state index contributed by atoms with van der Waals surface area (Å²) in [6.07, 6.45) is 0.815. The molecule has 0 radical (unpaired) electrons. The zero-order valence-electron chi connectivity index (χ0n) is 20.4. The van der Waals surface area contributed by atoms with Crippen LogP contribution in [0.25, 0.3) is 11.3 Å². The van der Waals surface area contributed by atoms with Crippen molar-refractivity contribution in [2.45, 2.75) is 52.1 Å². The van der Waals surface area contributed by atoms with Crippen molar-refractivity contribution >= 4 is 23.9 Å². The van der Waals surface area contributed by atoms with Crippen LogP contribution >= 0.6 is 11.9 Å². The summed E-state index contributed by atoms with van der Waals surface area (Å²) in [5.74, 6) is -0.336. The number of carboxylic acid groups (broad SMARTS) is 1. The monoisotopic (exact) mass is 484 g/mol. The maximum absolute atomic E-state index is 11.2. The van der Waals surface area contributed by atoms with Crippen molar-refractivity contribution in [3.63, 3.8) is 0 Å². The number of rotatable bonds is 9. The molecule has 2 heterocycles. The SMILES string of the molecule is Cc1cccc(C)c1-c1cc(OC[C@H](N)CC(C)(C)C)nc(NSc2cc(C(=O)O)nn2C)n1. The average Bonchev–Trinajstić information content (AvgIpc) is 3.10. The molecular formula is C24H32N6O3S. The van der Waals surface area contributed by atoms with Gasteiger partial charge in [0, 0.05) is 42.7 Å². The zero-order chi connectivity index (χ0) is 25.0. The highest BCUT2D eigenvalue weighted by Gasteiger charge is 2.18. The number of benzene rings is 1. The van der Waals surface area contributed by atoms with Crippen molar-refractivity contribution in [2.75, 3.05) is 11.3 Å². The smallest absolute Gasteiger partial charge is 0.356 e. The van der Waals surface area contributed by atoms with E-state index in [0.29, 0.717) is 23.5 Å². The first kappa shape index (κ1) is 25.5. The summed E-state index contributed by atoms with van der Waals surface area (Å²) in [4.78, 5) is 20.4. The zero-order valence-corrected chi connectivity index (χ0v) is 21.2. The lowest BCUT2D eigenvalue weighted by atomic mass is 9.89. The van der Waals surface area contributed by atoms with E-state index in [-0.39, 0.29) is 17.2 Å². The van der Waals surface area contributed by atoms with E-state index in [4.69, 9.17) is 15.5 Å². The normalized spacial score (nSPS) is 12.4. The van der Waals surface area contributed by atoms with Crippen molar-refractivity contribution in [1.29, 1.82) is 0 Å². The van der Waals surface area contributed by atoms with Gasteiger partial charge in [0.15, 0.2) is 5.69 Å². The van der Waals surface area contributed by atoms with Crippen molar-refractivity contribution in [1.82, 2.24) is 19.7 Å². The van der Waals surface area contributed by atoms with Gasteiger partial charge in [0.2, 0.25) is 11.8 Å². The molecule has 0 amide bonds. The van der Waals surface area contributed by atoms with E-state index in [1.54, 1.807) is 7.05 Å². The molecule has 0 bridgehead atoms. The molecule has 9 nitrogen and oxygen atoms in total. The highest BCUT2D eigenvalue weighted by Crippen LogP contribution is 2.30. The van der Waals surface area contributed by atoms with Crippen molar-refractivity contribution in [3.8, 4) is 17.1 Å². The number of carboxylic acids is 1.